The van der Waals surface area contributed by atoms with Crippen molar-refractivity contribution in [2.45, 2.75) is 82.7 Å². The minimum absolute atomic E-state index is 0.646. The number of aromatic nitrogens is 2. The number of benzene rings is 1. The van der Waals surface area contributed by atoms with Crippen LogP contribution in [0.15, 0.2) is 24.3 Å². The van der Waals surface area contributed by atoms with Crippen molar-refractivity contribution in [1.82, 2.24) is 20.2 Å². The van der Waals surface area contributed by atoms with E-state index >= 15 is 0 Å². The lowest BCUT2D eigenvalue weighted by atomic mass is 9.89. The van der Waals surface area contributed by atoms with Gasteiger partial charge in [-0.1, -0.05) is 50.7 Å². The van der Waals surface area contributed by atoms with Gasteiger partial charge in [0, 0.05) is 25.0 Å². The molecule has 4 nitrogen and oxygen atoms in total. The molecule has 0 unspecified atom stereocenters. The third-order valence-electron chi connectivity index (χ3n) is 6.25. The monoisotopic (exact) mass is 384 g/mol. The van der Waals surface area contributed by atoms with Gasteiger partial charge < -0.3 is 15.2 Å². The van der Waals surface area contributed by atoms with Gasteiger partial charge >= 0.3 is 0 Å². The normalized spacial score (nSPS) is 19.3. The Bertz CT molecular complexity index is 693. The van der Waals surface area contributed by atoms with Crippen LogP contribution in [0, 0.1) is 0 Å². The Balaban J connectivity index is 1.36. The van der Waals surface area contributed by atoms with Gasteiger partial charge in [0.2, 0.25) is 0 Å². The van der Waals surface area contributed by atoms with Gasteiger partial charge in [-0.3, -0.25) is 0 Å². The molecule has 1 heterocycles. The molecule has 0 spiro atoms. The first kappa shape index (κ1) is 18.7. The van der Waals surface area contributed by atoms with Crippen molar-refractivity contribution in [3.05, 3.63) is 30.1 Å². The Morgan fingerprint density at radius 3 is 2.26 bits per heavy atom. The average Bonchev–Trinajstić information content (AvgIpc) is 3.13. The largest absolute Gasteiger partial charge is 0.362 e. The predicted molar refractivity (Wildman–Crippen MR) is 116 cm³/mol. The second kappa shape index (κ2) is 9.05. The maximum atomic E-state index is 5.90. The molecular formula is C22H32N4S. The van der Waals surface area contributed by atoms with E-state index in [1.165, 1.54) is 64.2 Å². The molecular weight excluding hydrogens is 352 g/mol. The Morgan fingerprint density at radius 2 is 1.63 bits per heavy atom. The van der Waals surface area contributed by atoms with Gasteiger partial charge in [-0.25, -0.2) is 4.98 Å². The number of aromatic amines is 1. The van der Waals surface area contributed by atoms with Crippen LogP contribution < -0.4 is 5.32 Å². The van der Waals surface area contributed by atoms with E-state index < -0.39 is 0 Å². The topological polar surface area (TPSA) is 44.0 Å². The molecule has 146 valence electrons. The van der Waals surface area contributed by atoms with Crippen molar-refractivity contribution >= 4 is 28.4 Å². The molecule has 0 amide bonds. The van der Waals surface area contributed by atoms with Gasteiger partial charge in [0.05, 0.1) is 11.0 Å². The number of rotatable bonds is 5. The summed E-state index contributed by atoms with van der Waals surface area (Å²) in [7, 11) is 0. The van der Waals surface area contributed by atoms with E-state index in [0.29, 0.717) is 12.1 Å². The lowest BCUT2D eigenvalue weighted by molar-refractivity contribution is 0.156. The standard InChI is InChI=1S/C22H32N4S/c27-22(23-16-15-21-24-19-13-7-8-14-20(19)25-21)26(17-9-3-1-4-10-17)18-11-5-2-6-12-18/h7-8,13-14,17-18H,1-6,9-12,15-16H2,(H,23,27)(H,24,25). The third kappa shape index (κ3) is 4.63. The molecule has 2 N–H and O–H groups in total. The fourth-order valence-electron chi connectivity index (χ4n) is 4.85. The first-order valence-electron chi connectivity index (χ1n) is 10.8. The Kier molecular flexibility index (Phi) is 6.28. The predicted octanol–water partition coefficient (Wildman–Crippen LogP) is 4.95. The van der Waals surface area contributed by atoms with Crippen LogP contribution in [-0.2, 0) is 6.42 Å². The Labute approximate surface area is 168 Å². The number of H-pyrrole nitrogens is 1. The molecule has 1 aromatic carbocycles. The highest BCUT2D eigenvalue weighted by Gasteiger charge is 2.30. The minimum Gasteiger partial charge on any atom is -0.362 e. The third-order valence-corrected chi connectivity index (χ3v) is 6.60. The fourth-order valence-corrected chi connectivity index (χ4v) is 5.25. The van der Waals surface area contributed by atoms with Crippen molar-refractivity contribution in [3.63, 3.8) is 0 Å². The van der Waals surface area contributed by atoms with Crippen LogP contribution in [-0.4, -0.2) is 38.6 Å². The van der Waals surface area contributed by atoms with E-state index in [4.69, 9.17) is 12.2 Å². The first-order valence-corrected chi connectivity index (χ1v) is 11.2. The number of imidazole rings is 1. The minimum atomic E-state index is 0.646. The van der Waals surface area contributed by atoms with Gasteiger partial charge in [-0.2, -0.15) is 0 Å². The lowest BCUT2D eigenvalue weighted by Crippen LogP contribution is -2.52. The second-order valence-corrected chi connectivity index (χ2v) is 8.56. The van der Waals surface area contributed by atoms with Gasteiger partial charge in [0.25, 0.3) is 0 Å². The number of nitrogens with one attached hydrogen (secondary N) is 2. The summed E-state index contributed by atoms with van der Waals surface area (Å²) in [4.78, 5) is 10.7. The zero-order valence-corrected chi connectivity index (χ0v) is 17.1. The SMILES string of the molecule is S=C(NCCc1nc2ccccc2[nH]1)N(C1CCCCC1)C1CCCCC1. The van der Waals surface area contributed by atoms with Gasteiger partial charge in [-0.05, 0) is 50.0 Å². The molecule has 0 bridgehead atoms. The maximum absolute atomic E-state index is 5.90. The highest BCUT2D eigenvalue weighted by molar-refractivity contribution is 7.80. The summed E-state index contributed by atoms with van der Waals surface area (Å²) in [6.45, 7) is 0.842. The van der Waals surface area contributed by atoms with Crippen molar-refractivity contribution < 1.29 is 0 Å². The van der Waals surface area contributed by atoms with Gasteiger partial charge in [-0.15, -0.1) is 0 Å². The van der Waals surface area contributed by atoms with E-state index in [2.05, 4.69) is 32.3 Å². The lowest BCUT2D eigenvalue weighted by Gasteiger charge is -2.43. The molecule has 0 saturated heterocycles. The molecule has 27 heavy (non-hydrogen) atoms. The van der Waals surface area contributed by atoms with Crippen molar-refractivity contribution in [1.29, 1.82) is 0 Å². The van der Waals surface area contributed by atoms with E-state index in [9.17, 15) is 0 Å². The number of thiocarbonyl (C=S) groups is 1. The molecule has 0 atom stereocenters. The van der Waals surface area contributed by atoms with Crippen molar-refractivity contribution in [3.8, 4) is 0 Å². The molecule has 2 fully saturated rings. The van der Waals surface area contributed by atoms with Gasteiger partial charge in [0.1, 0.15) is 5.82 Å². The molecule has 2 aromatic rings. The Morgan fingerprint density at radius 1 is 1.00 bits per heavy atom. The van der Waals surface area contributed by atoms with Gasteiger partial charge in [0.15, 0.2) is 5.11 Å². The number of fused-ring (bicyclic) bond motifs is 1. The van der Waals surface area contributed by atoms with Crippen molar-refractivity contribution in [2.24, 2.45) is 0 Å². The number of hydrogen-bond donors (Lipinski definition) is 2. The second-order valence-electron chi connectivity index (χ2n) is 8.17. The van der Waals surface area contributed by atoms with E-state index in [0.717, 1.165) is 34.9 Å². The van der Waals surface area contributed by atoms with Crippen LogP contribution in [0.4, 0.5) is 0 Å². The summed E-state index contributed by atoms with van der Waals surface area (Å²) in [6, 6.07) is 9.51. The zero-order valence-electron chi connectivity index (χ0n) is 16.3. The van der Waals surface area contributed by atoms with E-state index in [-0.39, 0.29) is 0 Å². The summed E-state index contributed by atoms with van der Waals surface area (Å²) < 4.78 is 0. The molecule has 1 aromatic heterocycles. The summed E-state index contributed by atoms with van der Waals surface area (Å²) in [5.41, 5.74) is 2.15. The van der Waals surface area contributed by atoms with Crippen LogP contribution in [0.3, 0.4) is 0 Å². The first-order chi connectivity index (χ1) is 13.3. The number of hydrogen-bond acceptors (Lipinski definition) is 2. The average molecular weight is 385 g/mol. The highest BCUT2D eigenvalue weighted by atomic mass is 32.1. The number of nitrogens with zero attached hydrogens (tertiary/aromatic N) is 2. The maximum Gasteiger partial charge on any atom is 0.169 e. The van der Waals surface area contributed by atoms with Crippen LogP contribution in [0.2, 0.25) is 0 Å². The fraction of sp³-hybridized carbons (Fsp3) is 0.636. The molecule has 0 radical (unpaired) electrons. The molecule has 2 aliphatic carbocycles. The van der Waals surface area contributed by atoms with Crippen LogP contribution >= 0.6 is 12.2 Å². The van der Waals surface area contributed by atoms with Crippen molar-refractivity contribution in [2.75, 3.05) is 6.54 Å². The van der Waals surface area contributed by atoms with Crippen LogP contribution in [0.5, 0.6) is 0 Å². The molecule has 5 heteroatoms. The summed E-state index contributed by atoms with van der Waals surface area (Å²) in [6.07, 6.45) is 14.3. The molecule has 0 aliphatic heterocycles. The van der Waals surface area contributed by atoms with Crippen LogP contribution in [0.1, 0.15) is 70.0 Å². The number of para-hydroxylation sites is 2. The zero-order chi connectivity index (χ0) is 18.5. The molecule has 2 saturated carbocycles. The Hall–Kier alpha value is -1.62. The molecule has 4 rings (SSSR count). The summed E-state index contributed by atoms with van der Waals surface area (Å²) in [5, 5.41) is 4.54. The van der Waals surface area contributed by atoms with Crippen LogP contribution in [0.25, 0.3) is 11.0 Å². The highest BCUT2D eigenvalue weighted by Crippen LogP contribution is 2.30. The summed E-state index contributed by atoms with van der Waals surface area (Å²) >= 11 is 5.90. The van der Waals surface area contributed by atoms with E-state index in [1.54, 1.807) is 0 Å². The quantitative estimate of drug-likeness (QED) is 0.716. The van der Waals surface area contributed by atoms with E-state index in [1.807, 2.05) is 12.1 Å². The summed E-state index contributed by atoms with van der Waals surface area (Å²) in [5.74, 6) is 1.04. The molecule has 2 aliphatic rings. The smallest absolute Gasteiger partial charge is 0.169 e.